The molecule has 2 atom stereocenters. The van der Waals surface area contributed by atoms with Crippen molar-refractivity contribution in [2.75, 3.05) is 0 Å². The van der Waals surface area contributed by atoms with Gasteiger partial charge < -0.3 is 10.4 Å². The van der Waals surface area contributed by atoms with E-state index in [9.17, 15) is 5.11 Å². The van der Waals surface area contributed by atoms with Gasteiger partial charge in [-0.2, -0.15) is 0 Å². The van der Waals surface area contributed by atoms with Gasteiger partial charge in [-0.1, -0.05) is 35.8 Å². The van der Waals surface area contributed by atoms with Gasteiger partial charge in [0, 0.05) is 22.1 Å². The fourth-order valence-corrected chi connectivity index (χ4v) is 1.91. The number of benzene rings is 1. The molecule has 0 bridgehead atoms. The standard InChI is InChI=1S/C13H20BrNO/c1-8(2)9(3)15-10(4)12-6-5-11(14)7-13(12)16/h5-10,15-16H,1-4H3. The molecule has 1 aromatic carbocycles. The maximum Gasteiger partial charge on any atom is 0.121 e. The van der Waals surface area contributed by atoms with Crippen LogP contribution in [0.2, 0.25) is 0 Å². The number of rotatable bonds is 4. The summed E-state index contributed by atoms with van der Waals surface area (Å²) in [6.45, 7) is 8.61. The summed E-state index contributed by atoms with van der Waals surface area (Å²) >= 11 is 3.34. The molecule has 2 unspecified atom stereocenters. The van der Waals surface area contributed by atoms with Crippen LogP contribution in [-0.4, -0.2) is 11.1 Å². The monoisotopic (exact) mass is 285 g/mol. The van der Waals surface area contributed by atoms with Gasteiger partial charge in [-0.05, 0) is 31.9 Å². The molecule has 0 aliphatic carbocycles. The van der Waals surface area contributed by atoms with Gasteiger partial charge in [-0.15, -0.1) is 0 Å². The van der Waals surface area contributed by atoms with Crippen molar-refractivity contribution in [3.8, 4) is 5.75 Å². The van der Waals surface area contributed by atoms with E-state index < -0.39 is 0 Å². The van der Waals surface area contributed by atoms with Crippen molar-refractivity contribution >= 4 is 15.9 Å². The fourth-order valence-electron chi connectivity index (χ4n) is 1.56. The Kier molecular flexibility index (Phi) is 4.81. The average Bonchev–Trinajstić information content (AvgIpc) is 2.16. The lowest BCUT2D eigenvalue weighted by molar-refractivity contribution is 0.379. The highest BCUT2D eigenvalue weighted by molar-refractivity contribution is 9.10. The Bertz CT molecular complexity index is 352. The predicted octanol–water partition coefficient (Wildman–Crippen LogP) is 3.85. The third-order valence-corrected chi connectivity index (χ3v) is 3.47. The lowest BCUT2D eigenvalue weighted by Crippen LogP contribution is -2.33. The molecule has 0 fully saturated rings. The van der Waals surface area contributed by atoms with E-state index in [4.69, 9.17) is 0 Å². The quantitative estimate of drug-likeness (QED) is 0.881. The molecule has 0 aromatic heterocycles. The van der Waals surface area contributed by atoms with E-state index in [0.717, 1.165) is 10.0 Å². The molecule has 0 amide bonds. The van der Waals surface area contributed by atoms with Crippen molar-refractivity contribution in [1.29, 1.82) is 0 Å². The minimum atomic E-state index is 0.158. The summed E-state index contributed by atoms with van der Waals surface area (Å²) in [5, 5.41) is 13.3. The van der Waals surface area contributed by atoms with E-state index in [0.29, 0.717) is 17.7 Å². The van der Waals surface area contributed by atoms with Crippen molar-refractivity contribution < 1.29 is 5.11 Å². The van der Waals surface area contributed by atoms with Crippen LogP contribution < -0.4 is 5.32 Å². The molecule has 2 nitrogen and oxygen atoms in total. The van der Waals surface area contributed by atoms with Gasteiger partial charge in [0.2, 0.25) is 0 Å². The molecule has 1 rings (SSSR count). The second kappa shape index (κ2) is 5.69. The van der Waals surface area contributed by atoms with Gasteiger partial charge >= 0.3 is 0 Å². The van der Waals surface area contributed by atoms with Crippen LogP contribution in [-0.2, 0) is 0 Å². The van der Waals surface area contributed by atoms with Gasteiger partial charge in [0.05, 0.1) is 0 Å². The van der Waals surface area contributed by atoms with Crippen LogP contribution in [0.3, 0.4) is 0 Å². The molecule has 0 saturated heterocycles. The smallest absolute Gasteiger partial charge is 0.121 e. The van der Waals surface area contributed by atoms with Gasteiger partial charge in [0.1, 0.15) is 5.75 Å². The Morgan fingerprint density at radius 1 is 1.19 bits per heavy atom. The van der Waals surface area contributed by atoms with Crippen molar-refractivity contribution in [1.82, 2.24) is 5.32 Å². The summed E-state index contributed by atoms with van der Waals surface area (Å²) in [5.41, 5.74) is 0.940. The number of phenols is 1. The number of hydrogen-bond acceptors (Lipinski definition) is 2. The van der Waals surface area contributed by atoms with E-state index >= 15 is 0 Å². The van der Waals surface area contributed by atoms with Gasteiger partial charge in [0.15, 0.2) is 0 Å². The van der Waals surface area contributed by atoms with Crippen LogP contribution in [0.4, 0.5) is 0 Å². The second-order valence-electron chi connectivity index (χ2n) is 4.62. The minimum absolute atomic E-state index is 0.158. The van der Waals surface area contributed by atoms with E-state index in [1.165, 1.54) is 0 Å². The van der Waals surface area contributed by atoms with Crippen molar-refractivity contribution in [3.63, 3.8) is 0 Å². The minimum Gasteiger partial charge on any atom is -0.508 e. The molecule has 0 aliphatic rings. The number of nitrogens with one attached hydrogen (secondary N) is 1. The lowest BCUT2D eigenvalue weighted by Gasteiger charge is -2.23. The average molecular weight is 286 g/mol. The number of hydrogen-bond donors (Lipinski definition) is 2. The summed E-state index contributed by atoms with van der Waals surface area (Å²) in [6.07, 6.45) is 0. The maximum absolute atomic E-state index is 9.84. The first-order valence-corrected chi connectivity index (χ1v) is 6.45. The normalized spacial score (nSPS) is 15.1. The summed E-state index contributed by atoms with van der Waals surface area (Å²) < 4.78 is 0.901. The van der Waals surface area contributed by atoms with Crippen LogP contribution >= 0.6 is 15.9 Å². The van der Waals surface area contributed by atoms with Gasteiger partial charge in [0.25, 0.3) is 0 Å². The van der Waals surface area contributed by atoms with Gasteiger partial charge in [-0.25, -0.2) is 0 Å². The second-order valence-corrected chi connectivity index (χ2v) is 5.54. The van der Waals surface area contributed by atoms with Crippen LogP contribution in [0.15, 0.2) is 22.7 Å². The molecule has 0 aliphatic heterocycles. The highest BCUT2D eigenvalue weighted by atomic mass is 79.9. The molecule has 3 heteroatoms. The predicted molar refractivity (Wildman–Crippen MR) is 71.7 cm³/mol. The van der Waals surface area contributed by atoms with E-state index in [1.54, 1.807) is 6.07 Å². The zero-order valence-corrected chi connectivity index (χ0v) is 11.9. The molecular formula is C13H20BrNO. The Morgan fingerprint density at radius 3 is 2.31 bits per heavy atom. The molecule has 0 spiro atoms. The van der Waals surface area contributed by atoms with Crippen LogP contribution in [0.1, 0.15) is 39.3 Å². The van der Waals surface area contributed by atoms with Crippen LogP contribution in [0, 0.1) is 5.92 Å². The van der Waals surface area contributed by atoms with E-state index in [1.807, 2.05) is 12.1 Å². The summed E-state index contributed by atoms with van der Waals surface area (Å²) in [4.78, 5) is 0. The Labute approximate surface area is 106 Å². The number of phenolic OH excluding ortho intramolecular Hbond substituents is 1. The zero-order chi connectivity index (χ0) is 12.3. The summed E-state index contributed by atoms with van der Waals surface area (Å²) in [6, 6.07) is 6.22. The summed E-state index contributed by atoms with van der Waals surface area (Å²) in [5.74, 6) is 0.922. The Balaban J connectivity index is 2.76. The van der Waals surface area contributed by atoms with E-state index in [-0.39, 0.29) is 6.04 Å². The van der Waals surface area contributed by atoms with E-state index in [2.05, 4.69) is 48.9 Å². The lowest BCUT2D eigenvalue weighted by atomic mass is 10.0. The SMILES string of the molecule is CC(NC(C)C(C)C)c1ccc(Br)cc1O. The zero-order valence-electron chi connectivity index (χ0n) is 10.3. The first kappa shape index (κ1) is 13.5. The number of aromatic hydroxyl groups is 1. The van der Waals surface area contributed by atoms with Crippen molar-refractivity contribution in [2.24, 2.45) is 5.92 Å². The number of halogens is 1. The maximum atomic E-state index is 9.84. The first-order chi connectivity index (χ1) is 7.41. The topological polar surface area (TPSA) is 32.3 Å². The molecule has 90 valence electrons. The molecular weight excluding hydrogens is 266 g/mol. The fraction of sp³-hybridized carbons (Fsp3) is 0.538. The Morgan fingerprint density at radius 2 is 1.81 bits per heavy atom. The van der Waals surface area contributed by atoms with Gasteiger partial charge in [-0.3, -0.25) is 0 Å². The first-order valence-electron chi connectivity index (χ1n) is 5.66. The largest absolute Gasteiger partial charge is 0.508 e. The molecule has 0 radical (unpaired) electrons. The molecule has 2 N–H and O–H groups in total. The Hall–Kier alpha value is -0.540. The third kappa shape index (κ3) is 3.49. The van der Waals surface area contributed by atoms with Crippen molar-refractivity contribution in [2.45, 2.75) is 39.8 Å². The highest BCUT2D eigenvalue weighted by Gasteiger charge is 2.14. The highest BCUT2D eigenvalue weighted by Crippen LogP contribution is 2.27. The molecule has 1 aromatic rings. The third-order valence-electron chi connectivity index (χ3n) is 2.97. The molecule has 16 heavy (non-hydrogen) atoms. The molecule has 0 saturated carbocycles. The molecule has 0 heterocycles. The van der Waals surface area contributed by atoms with Crippen molar-refractivity contribution in [3.05, 3.63) is 28.2 Å². The van der Waals surface area contributed by atoms with Crippen LogP contribution in [0.5, 0.6) is 5.75 Å². The van der Waals surface area contributed by atoms with Crippen LogP contribution in [0.25, 0.3) is 0 Å². The summed E-state index contributed by atoms with van der Waals surface area (Å²) in [7, 11) is 0.